The maximum Gasteiger partial charge on any atom is 0.271 e. The summed E-state index contributed by atoms with van der Waals surface area (Å²) < 4.78 is 13.1. The molecule has 2 aliphatic heterocycles. The minimum absolute atomic E-state index is 0.503. The molecule has 0 fully saturated rings. The number of benzene rings is 2. The normalized spacial score (nSPS) is 22.1. The predicted octanol–water partition coefficient (Wildman–Crippen LogP) is 3.66. The summed E-state index contributed by atoms with van der Waals surface area (Å²) in [5.41, 5.74) is 2.12. The summed E-state index contributed by atoms with van der Waals surface area (Å²) in [6.07, 6.45) is 4.39. The van der Waals surface area contributed by atoms with E-state index in [1.165, 1.54) is 23.5 Å². The highest BCUT2D eigenvalue weighted by molar-refractivity contribution is 5.96. The number of hydrogen-bond acceptors (Lipinski definition) is 4. The average molecular weight is 381 g/mol. The Bertz CT molecular complexity index is 908. The highest BCUT2D eigenvalue weighted by atomic mass is 16.5. The highest BCUT2D eigenvalue weighted by Gasteiger charge is 2.52. The molecule has 2 aliphatic rings. The monoisotopic (exact) mass is 381 g/mol. The number of β-amino-alcohol motifs (C(OH)–C–C–N with tert-alkyl or cyclic N) is 1. The number of anilines is 1. The van der Waals surface area contributed by atoms with Gasteiger partial charge in [-0.15, -0.1) is 0 Å². The lowest BCUT2D eigenvalue weighted by Crippen LogP contribution is -2.41. The molecule has 4 rings (SSSR count). The maximum absolute atomic E-state index is 12.0. The van der Waals surface area contributed by atoms with Crippen molar-refractivity contribution in [2.45, 2.75) is 38.3 Å². The molecule has 0 aliphatic carbocycles. The van der Waals surface area contributed by atoms with Crippen molar-refractivity contribution in [3.8, 4) is 11.5 Å². The molecule has 148 valence electrons. The fourth-order valence-corrected chi connectivity index (χ4v) is 4.49. The zero-order chi connectivity index (χ0) is 19.7. The lowest BCUT2D eigenvalue weighted by molar-refractivity contribution is -0.658. The van der Waals surface area contributed by atoms with Crippen molar-refractivity contribution in [2.24, 2.45) is 0 Å². The van der Waals surface area contributed by atoms with Crippen LogP contribution in [0.4, 0.5) is 5.69 Å². The van der Waals surface area contributed by atoms with Gasteiger partial charge in [0.05, 0.1) is 20.8 Å². The fourth-order valence-electron chi connectivity index (χ4n) is 4.49. The van der Waals surface area contributed by atoms with E-state index in [2.05, 4.69) is 40.7 Å². The first-order valence-corrected chi connectivity index (χ1v) is 10.00. The van der Waals surface area contributed by atoms with Crippen molar-refractivity contribution in [1.29, 1.82) is 0 Å². The molecule has 0 bridgehead atoms. The Morgan fingerprint density at radius 1 is 1.00 bits per heavy atom. The maximum atomic E-state index is 12.0. The van der Waals surface area contributed by atoms with Gasteiger partial charge in [-0.1, -0.05) is 18.2 Å². The lowest BCUT2D eigenvalue weighted by atomic mass is 10.0. The number of rotatable bonds is 4. The first-order chi connectivity index (χ1) is 13.6. The van der Waals surface area contributed by atoms with Crippen molar-refractivity contribution in [3.05, 3.63) is 53.6 Å². The minimum atomic E-state index is -1.10. The molecule has 5 nitrogen and oxygen atoms in total. The molecule has 2 aromatic carbocycles. The Balaban J connectivity index is 1.83. The minimum Gasteiger partial charge on any atom is -0.493 e. The Morgan fingerprint density at radius 3 is 2.54 bits per heavy atom. The topological polar surface area (TPSA) is 44.9 Å². The van der Waals surface area contributed by atoms with Gasteiger partial charge in [0.1, 0.15) is 5.69 Å². The molecule has 0 aromatic heterocycles. The van der Waals surface area contributed by atoms with E-state index < -0.39 is 5.72 Å². The second-order valence-electron chi connectivity index (χ2n) is 7.64. The number of methoxy groups -OCH3 is 2. The van der Waals surface area contributed by atoms with E-state index in [1.54, 1.807) is 14.2 Å². The Kier molecular flexibility index (Phi) is 5.02. The van der Waals surface area contributed by atoms with Crippen molar-refractivity contribution in [2.75, 3.05) is 32.2 Å². The van der Waals surface area contributed by atoms with E-state index in [1.807, 2.05) is 18.2 Å². The zero-order valence-electron chi connectivity index (χ0n) is 16.9. The van der Waals surface area contributed by atoms with Gasteiger partial charge in [0.25, 0.3) is 11.6 Å². The number of para-hydroxylation sites is 1. The zero-order valence-corrected chi connectivity index (χ0v) is 16.9. The molecule has 1 unspecified atom stereocenters. The van der Waals surface area contributed by atoms with Crippen LogP contribution in [0.15, 0.2) is 42.5 Å². The molecule has 0 saturated carbocycles. The van der Waals surface area contributed by atoms with Crippen LogP contribution in [0.3, 0.4) is 0 Å². The number of amidine groups is 1. The van der Waals surface area contributed by atoms with E-state index >= 15 is 0 Å². The number of nitrogens with zero attached hydrogens (tertiary/aromatic N) is 2. The van der Waals surface area contributed by atoms with Gasteiger partial charge >= 0.3 is 0 Å². The van der Waals surface area contributed by atoms with E-state index in [0.717, 1.165) is 31.4 Å². The summed E-state index contributed by atoms with van der Waals surface area (Å²) in [5.74, 6) is 2.52. The largest absolute Gasteiger partial charge is 0.493 e. The molecule has 1 atom stereocenters. The quantitative estimate of drug-likeness (QED) is 0.821. The average Bonchev–Trinajstić information content (AvgIpc) is 2.87. The van der Waals surface area contributed by atoms with Gasteiger partial charge in [0, 0.05) is 12.0 Å². The number of ether oxygens (including phenoxy) is 2. The molecule has 0 amide bonds. The van der Waals surface area contributed by atoms with E-state index in [9.17, 15) is 5.11 Å². The number of aryl methyl sites for hydroxylation is 1. The third kappa shape index (κ3) is 3.04. The smallest absolute Gasteiger partial charge is 0.271 e. The first kappa shape index (κ1) is 18.8. The Labute approximate surface area is 166 Å². The molecule has 0 radical (unpaired) electrons. The number of hydrogen-bond donors (Lipinski definition) is 1. The molecule has 0 spiro atoms. The SMILES string of the molecule is COc1ccc(C2(O)CN(c3ccccc3C)C3=[N+]2CCCCC3)cc1OC. The van der Waals surface area contributed by atoms with Crippen LogP contribution >= 0.6 is 0 Å². The van der Waals surface area contributed by atoms with Crippen LogP contribution in [0, 0.1) is 6.92 Å². The van der Waals surface area contributed by atoms with Gasteiger partial charge in [-0.25, -0.2) is 9.48 Å². The molecular weight excluding hydrogens is 352 g/mol. The van der Waals surface area contributed by atoms with Gasteiger partial charge < -0.3 is 14.6 Å². The summed E-state index contributed by atoms with van der Waals surface area (Å²) in [4.78, 5) is 2.30. The molecule has 0 saturated heterocycles. The van der Waals surface area contributed by atoms with Crippen molar-refractivity contribution >= 4 is 11.5 Å². The van der Waals surface area contributed by atoms with Gasteiger partial charge in [-0.3, -0.25) is 0 Å². The van der Waals surface area contributed by atoms with Crippen LogP contribution in [0.1, 0.15) is 36.8 Å². The molecule has 5 heteroatoms. The summed E-state index contributed by atoms with van der Waals surface area (Å²) in [5, 5.41) is 12.0. The van der Waals surface area contributed by atoms with Gasteiger partial charge in [-0.05, 0) is 56.0 Å². The summed E-state index contributed by atoms with van der Waals surface area (Å²) in [7, 11) is 3.26. The van der Waals surface area contributed by atoms with Crippen LogP contribution in [0.2, 0.25) is 0 Å². The molecule has 1 N–H and O–H groups in total. The van der Waals surface area contributed by atoms with Crippen LogP contribution in [-0.2, 0) is 5.72 Å². The molecule has 2 aromatic rings. The molecular formula is C23H29N2O3+. The Morgan fingerprint density at radius 2 is 1.79 bits per heavy atom. The molecule has 2 heterocycles. The standard InChI is InChI=1S/C23H29N2O3/c1-17-9-6-7-10-19(17)24-16-23(26,25-14-8-4-5-11-22(24)25)18-12-13-20(27-2)21(15-18)28-3/h6-7,9-10,12-13,15,26H,4-5,8,11,14,16H2,1-3H3/q+1. The third-order valence-corrected chi connectivity index (χ3v) is 5.98. The van der Waals surface area contributed by atoms with Crippen LogP contribution in [-0.4, -0.2) is 42.8 Å². The van der Waals surface area contributed by atoms with Crippen molar-refractivity contribution < 1.29 is 19.2 Å². The van der Waals surface area contributed by atoms with Crippen molar-refractivity contribution in [1.82, 2.24) is 0 Å². The lowest BCUT2D eigenvalue weighted by Gasteiger charge is -2.24. The van der Waals surface area contributed by atoms with Crippen molar-refractivity contribution in [3.63, 3.8) is 0 Å². The van der Waals surface area contributed by atoms with Crippen LogP contribution in [0.5, 0.6) is 11.5 Å². The second kappa shape index (κ2) is 7.47. The second-order valence-corrected chi connectivity index (χ2v) is 7.64. The first-order valence-electron chi connectivity index (χ1n) is 10.00. The summed E-state index contributed by atoms with van der Waals surface area (Å²) in [6.45, 7) is 3.48. The number of aliphatic hydroxyl groups is 1. The van der Waals surface area contributed by atoms with Gasteiger partial charge in [0.15, 0.2) is 18.0 Å². The highest BCUT2D eigenvalue weighted by Crippen LogP contribution is 2.39. The predicted molar refractivity (Wildman–Crippen MR) is 111 cm³/mol. The summed E-state index contributed by atoms with van der Waals surface area (Å²) in [6, 6.07) is 14.1. The van der Waals surface area contributed by atoms with E-state index in [0.29, 0.717) is 18.0 Å². The fraction of sp³-hybridized carbons (Fsp3) is 0.435. The van der Waals surface area contributed by atoms with Gasteiger partial charge in [-0.2, -0.15) is 0 Å². The van der Waals surface area contributed by atoms with Crippen LogP contribution in [0.25, 0.3) is 0 Å². The van der Waals surface area contributed by atoms with Gasteiger partial charge in [0.2, 0.25) is 0 Å². The van der Waals surface area contributed by atoms with E-state index in [-0.39, 0.29) is 0 Å². The van der Waals surface area contributed by atoms with E-state index in [4.69, 9.17) is 9.47 Å². The third-order valence-electron chi connectivity index (χ3n) is 5.98. The van der Waals surface area contributed by atoms with Crippen LogP contribution < -0.4 is 14.4 Å². The summed E-state index contributed by atoms with van der Waals surface area (Å²) >= 11 is 0. The Hall–Kier alpha value is -2.53. The molecule has 28 heavy (non-hydrogen) atoms.